The molecule has 1 fully saturated rings. The second-order valence-corrected chi connectivity index (χ2v) is 6.83. The Kier molecular flexibility index (Phi) is 2.33. The molecule has 2 atom stereocenters. The average Bonchev–Trinajstić information content (AvgIpc) is 2.90. The minimum Gasteiger partial charge on any atom is -0.296 e. The molecule has 0 aromatic heterocycles. The Morgan fingerprint density at radius 3 is 2.04 bits per heavy atom. The summed E-state index contributed by atoms with van der Waals surface area (Å²) in [6.07, 6.45) is 0.815. The van der Waals surface area contributed by atoms with Gasteiger partial charge in [0, 0.05) is 11.3 Å². The fourth-order valence-corrected chi connectivity index (χ4v) is 5.46. The molecule has 1 aliphatic heterocycles. The Hall–Kier alpha value is -2.42. The highest BCUT2D eigenvalue weighted by Crippen LogP contribution is 2.63. The molecule has 2 bridgehead atoms. The summed E-state index contributed by atoms with van der Waals surface area (Å²) >= 11 is 0. The third kappa shape index (κ3) is 1.29. The number of carbonyl (C=O) groups is 2. The Balaban J connectivity index is 1.95. The van der Waals surface area contributed by atoms with Gasteiger partial charge in [0.2, 0.25) is 11.8 Å². The van der Waals surface area contributed by atoms with Crippen molar-refractivity contribution in [2.24, 2.45) is 11.8 Å². The third-order valence-electron chi connectivity index (χ3n) is 6.19. The number of carbonyl (C=O) groups excluding carboxylic acids is 2. The molecule has 3 heteroatoms. The van der Waals surface area contributed by atoms with Gasteiger partial charge in [-0.25, -0.2) is 0 Å². The maximum Gasteiger partial charge on any atom is 0.231 e. The second kappa shape index (κ2) is 4.10. The first-order valence-electron chi connectivity index (χ1n) is 8.23. The van der Waals surface area contributed by atoms with Crippen molar-refractivity contribution < 1.29 is 9.59 Å². The molecule has 6 rings (SSSR count). The monoisotopic (exact) mass is 303 g/mol. The number of amides is 2. The fourth-order valence-electron chi connectivity index (χ4n) is 5.46. The lowest BCUT2D eigenvalue weighted by atomic mass is 9.46. The van der Waals surface area contributed by atoms with Crippen molar-refractivity contribution in [1.82, 2.24) is 5.32 Å². The summed E-state index contributed by atoms with van der Waals surface area (Å²) in [5, 5.41) is 2.61. The second-order valence-electron chi connectivity index (χ2n) is 6.83. The molecule has 0 radical (unpaired) electrons. The van der Waals surface area contributed by atoms with E-state index in [1.165, 1.54) is 22.3 Å². The van der Waals surface area contributed by atoms with E-state index in [2.05, 4.69) is 36.5 Å². The molecule has 114 valence electrons. The van der Waals surface area contributed by atoms with E-state index in [9.17, 15) is 9.59 Å². The van der Waals surface area contributed by atoms with Crippen molar-refractivity contribution in [3.63, 3.8) is 0 Å². The summed E-state index contributed by atoms with van der Waals surface area (Å²) in [5.74, 6) is -0.767. The SMILES string of the molecule is CCC12c3ccccc3C(c3ccccc31)[C@H]1C(=O)NC(=O)[C@H]12. The first kappa shape index (κ1) is 13.1. The van der Waals surface area contributed by atoms with Crippen LogP contribution in [0.5, 0.6) is 0 Å². The molecule has 23 heavy (non-hydrogen) atoms. The molecule has 0 saturated carbocycles. The smallest absolute Gasteiger partial charge is 0.231 e. The van der Waals surface area contributed by atoms with Crippen molar-refractivity contribution >= 4 is 11.8 Å². The van der Waals surface area contributed by atoms with E-state index in [1.54, 1.807) is 0 Å². The summed E-state index contributed by atoms with van der Waals surface area (Å²) in [4.78, 5) is 25.2. The molecular formula is C20H17NO2. The summed E-state index contributed by atoms with van der Waals surface area (Å²) in [5.41, 5.74) is 4.52. The Morgan fingerprint density at radius 1 is 0.913 bits per heavy atom. The van der Waals surface area contributed by atoms with Gasteiger partial charge < -0.3 is 0 Å². The molecule has 1 heterocycles. The van der Waals surface area contributed by atoms with Crippen molar-refractivity contribution in [2.45, 2.75) is 24.7 Å². The van der Waals surface area contributed by atoms with E-state index >= 15 is 0 Å². The molecule has 3 nitrogen and oxygen atoms in total. The molecule has 3 aliphatic carbocycles. The van der Waals surface area contributed by atoms with Gasteiger partial charge in [0.1, 0.15) is 0 Å². The Bertz CT molecular complexity index is 822. The Labute approximate surface area is 134 Å². The van der Waals surface area contributed by atoms with Crippen LogP contribution in [0.4, 0.5) is 0 Å². The van der Waals surface area contributed by atoms with Gasteiger partial charge in [-0.2, -0.15) is 0 Å². The van der Waals surface area contributed by atoms with Crippen molar-refractivity contribution in [3.8, 4) is 0 Å². The van der Waals surface area contributed by atoms with Crippen molar-refractivity contribution in [2.75, 3.05) is 0 Å². The zero-order valence-electron chi connectivity index (χ0n) is 12.9. The van der Waals surface area contributed by atoms with E-state index < -0.39 is 0 Å². The maximum absolute atomic E-state index is 12.7. The lowest BCUT2D eigenvalue weighted by Gasteiger charge is -2.54. The minimum absolute atomic E-state index is 0.00715. The predicted molar refractivity (Wildman–Crippen MR) is 85.9 cm³/mol. The molecule has 0 unspecified atom stereocenters. The summed E-state index contributed by atoms with van der Waals surface area (Å²) in [6.45, 7) is 2.13. The molecule has 2 aromatic rings. The standard InChI is InChI=1S/C20H17NO2/c1-2-20-13-9-5-3-7-11(13)15(12-8-4-6-10-14(12)20)16-17(20)19(23)21-18(16)22/h3-10,15-17H,2H2,1H3,(H,21,22,23)/t15?,16-,17+,20?/m1/s1. The van der Waals surface area contributed by atoms with Crippen molar-refractivity contribution in [1.29, 1.82) is 0 Å². The third-order valence-corrected chi connectivity index (χ3v) is 6.19. The molecular weight excluding hydrogens is 286 g/mol. The number of hydrogen-bond acceptors (Lipinski definition) is 2. The maximum atomic E-state index is 12.7. The van der Waals surface area contributed by atoms with Crippen LogP contribution in [0.1, 0.15) is 41.5 Å². The predicted octanol–water partition coefficient (Wildman–Crippen LogP) is 2.73. The molecule has 1 saturated heterocycles. The number of benzene rings is 2. The van der Waals surface area contributed by atoms with Gasteiger partial charge in [-0.1, -0.05) is 55.5 Å². The van der Waals surface area contributed by atoms with Gasteiger partial charge in [-0.3, -0.25) is 14.9 Å². The molecule has 1 N–H and O–H groups in total. The lowest BCUT2D eigenvalue weighted by Crippen LogP contribution is -2.53. The zero-order chi connectivity index (χ0) is 15.8. The van der Waals surface area contributed by atoms with Crippen LogP contribution >= 0.6 is 0 Å². The van der Waals surface area contributed by atoms with E-state index in [1.807, 2.05) is 24.3 Å². The number of rotatable bonds is 1. The van der Waals surface area contributed by atoms with Gasteiger partial charge >= 0.3 is 0 Å². The largest absolute Gasteiger partial charge is 0.296 e. The van der Waals surface area contributed by atoms with Crippen LogP contribution in [0.3, 0.4) is 0 Å². The first-order valence-corrected chi connectivity index (χ1v) is 8.23. The summed E-state index contributed by atoms with van der Waals surface area (Å²) in [6, 6.07) is 16.7. The number of nitrogens with one attached hydrogen (secondary N) is 1. The summed E-state index contributed by atoms with van der Waals surface area (Å²) < 4.78 is 0. The van der Waals surface area contributed by atoms with E-state index in [4.69, 9.17) is 0 Å². The van der Waals surface area contributed by atoms with Gasteiger partial charge in [0.05, 0.1) is 11.8 Å². The molecule has 4 aliphatic rings. The van der Waals surface area contributed by atoms with Gasteiger partial charge in [0.15, 0.2) is 0 Å². The lowest BCUT2D eigenvalue weighted by molar-refractivity contribution is -0.126. The Morgan fingerprint density at radius 2 is 1.48 bits per heavy atom. The minimum atomic E-state index is -0.386. The average molecular weight is 303 g/mol. The fraction of sp³-hybridized carbons (Fsp3) is 0.300. The van der Waals surface area contributed by atoms with Gasteiger partial charge in [-0.15, -0.1) is 0 Å². The van der Waals surface area contributed by atoms with Crippen molar-refractivity contribution in [3.05, 3.63) is 70.8 Å². The van der Waals surface area contributed by atoms with Gasteiger partial charge in [0.25, 0.3) is 0 Å². The van der Waals surface area contributed by atoms with E-state index in [0.29, 0.717) is 0 Å². The van der Waals surface area contributed by atoms with Crippen LogP contribution in [0, 0.1) is 11.8 Å². The quantitative estimate of drug-likeness (QED) is 0.823. The highest BCUT2D eigenvalue weighted by atomic mass is 16.2. The van der Waals surface area contributed by atoms with Gasteiger partial charge in [-0.05, 0) is 28.7 Å². The van der Waals surface area contributed by atoms with Crippen LogP contribution in [0.2, 0.25) is 0 Å². The molecule has 2 aromatic carbocycles. The van der Waals surface area contributed by atoms with E-state index in [-0.39, 0.29) is 35.0 Å². The normalized spacial score (nSPS) is 33.0. The highest BCUT2D eigenvalue weighted by molar-refractivity contribution is 6.08. The van der Waals surface area contributed by atoms with Crippen LogP contribution in [-0.4, -0.2) is 11.8 Å². The number of hydrogen-bond donors (Lipinski definition) is 1. The first-order chi connectivity index (χ1) is 11.2. The summed E-state index contributed by atoms with van der Waals surface area (Å²) in [7, 11) is 0. The number of imide groups is 1. The van der Waals surface area contributed by atoms with E-state index in [0.717, 1.165) is 6.42 Å². The zero-order valence-corrected chi connectivity index (χ0v) is 12.9. The topological polar surface area (TPSA) is 46.2 Å². The van der Waals surface area contributed by atoms with Crippen LogP contribution in [0.15, 0.2) is 48.5 Å². The highest BCUT2D eigenvalue weighted by Gasteiger charge is 2.65. The van der Waals surface area contributed by atoms with Crippen LogP contribution in [0.25, 0.3) is 0 Å². The molecule has 0 spiro atoms. The van der Waals surface area contributed by atoms with Crippen LogP contribution in [-0.2, 0) is 15.0 Å². The molecule has 2 amide bonds. The van der Waals surface area contributed by atoms with Crippen LogP contribution < -0.4 is 5.32 Å².